The summed E-state index contributed by atoms with van der Waals surface area (Å²) in [6, 6.07) is 9.81. The molecule has 0 spiro atoms. The number of methoxy groups -OCH3 is 1. The summed E-state index contributed by atoms with van der Waals surface area (Å²) in [5.74, 6) is -0.362. The Balaban J connectivity index is 2.24. The molecule has 4 heteroatoms. The third-order valence-electron chi connectivity index (χ3n) is 2.96. The maximum atomic E-state index is 10.9. The van der Waals surface area contributed by atoms with Gasteiger partial charge in [-0.3, -0.25) is 4.79 Å². The SMILES string of the molecule is COC(=O)C/C=C/[C@@H](C)[C@H](O)COCc1ccccc1. The van der Waals surface area contributed by atoms with Gasteiger partial charge in [0.15, 0.2) is 0 Å². The van der Waals surface area contributed by atoms with Crippen LogP contribution in [0.5, 0.6) is 0 Å². The molecule has 0 saturated carbocycles. The molecule has 0 amide bonds. The number of ether oxygens (including phenoxy) is 2. The van der Waals surface area contributed by atoms with Crippen molar-refractivity contribution < 1.29 is 19.4 Å². The zero-order valence-corrected chi connectivity index (χ0v) is 12.0. The Morgan fingerprint density at radius 1 is 1.35 bits per heavy atom. The second-order valence-corrected chi connectivity index (χ2v) is 4.64. The second-order valence-electron chi connectivity index (χ2n) is 4.64. The first-order chi connectivity index (χ1) is 9.63. The van der Waals surface area contributed by atoms with Crippen molar-refractivity contribution >= 4 is 5.97 Å². The van der Waals surface area contributed by atoms with Gasteiger partial charge in [-0.15, -0.1) is 0 Å². The lowest BCUT2D eigenvalue weighted by atomic mass is 10.0. The van der Waals surface area contributed by atoms with E-state index in [1.807, 2.05) is 37.3 Å². The number of carbonyl (C=O) groups excluding carboxylic acids is 1. The van der Waals surface area contributed by atoms with Crippen molar-refractivity contribution in [3.8, 4) is 0 Å². The quantitative estimate of drug-likeness (QED) is 0.585. The minimum absolute atomic E-state index is 0.0737. The number of rotatable bonds is 8. The van der Waals surface area contributed by atoms with Crippen molar-refractivity contribution in [2.24, 2.45) is 5.92 Å². The van der Waals surface area contributed by atoms with E-state index in [0.29, 0.717) is 6.61 Å². The van der Waals surface area contributed by atoms with E-state index in [1.54, 1.807) is 12.2 Å². The molecule has 2 atom stereocenters. The van der Waals surface area contributed by atoms with Gasteiger partial charge in [0.2, 0.25) is 0 Å². The fourth-order valence-corrected chi connectivity index (χ4v) is 1.61. The molecule has 0 heterocycles. The Morgan fingerprint density at radius 3 is 2.70 bits per heavy atom. The average molecular weight is 278 g/mol. The van der Waals surface area contributed by atoms with E-state index in [1.165, 1.54) is 7.11 Å². The Labute approximate surface area is 120 Å². The largest absolute Gasteiger partial charge is 0.469 e. The first kappa shape index (κ1) is 16.4. The highest BCUT2D eigenvalue weighted by molar-refractivity contribution is 5.70. The molecule has 4 nitrogen and oxygen atoms in total. The molecule has 0 saturated heterocycles. The van der Waals surface area contributed by atoms with Crippen LogP contribution in [0.25, 0.3) is 0 Å². The highest BCUT2D eigenvalue weighted by Gasteiger charge is 2.11. The number of aliphatic hydroxyl groups is 1. The van der Waals surface area contributed by atoms with Crippen LogP contribution in [0.2, 0.25) is 0 Å². The number of esters is 1. The van der Waals surface area contributed by atoms with E-state index in [0.717, 1.165) is 5.56 Å². The van der Waals surface area contributed by atoms with Gasteiger partial charge in [-0.25, -0.2) is 0 Å². The molecule has 0 unspecified atom stereocenters. The van der Waals surface area contributed by atoms with Gasteiger partial charge in [-0.1, -0.05) is 49.4 Å². The number of hydrogen-bond donors (Lipinski definition) is 1. The zero-order valence-electron chi connectivity index (χ0n) is 12.0. The van der Waals surface area contributed by atoms with E-state index >= 15 is 0 Å². The standard InChI is InChI=1S/C16H22O4/c1-13(7-6-10-16(18)19-2)15(17)12-20-11-14-8-4-3-5-9-14/h3-9,13,15,17H,10-12H2,1-2H3/b7-6+/t13-,15-/m1/s1. The molecule has 1 N–H and O–H groups in total. The molecule has 20 heavy (non-hydrogen) atoms. The van der Waals surface area contributed by atoms with Crippen molar-refractivity contribution in [1.29, 1.82) is 0 Å². The summed E-state index contributed by atoms with van der Waals surface area (Å²) in [6.07, 6.45) is 3.13. The van der Waals surface area contributed by atoms with Gasteiger partial charge in [-0.2, -0.15) is 0 Å². The lowest BCUT2D eigenvalue weighted by molar-refractivity contribution is -0.139. The Hall–Kier alpha value is -1.65. The number of aliphatic hydroxyl groups excluding tert-OH is 1. The summed E-state index contributed by atoms with van der Waals surface area (Å²) in [4.78, 5) is 10.9. The fraction of sp³-hybridized carbons (Fsp3) is 0.438. The average Bonchev–Trinajstić information content (AvgIpc) is 2.47. The molecule has 0 radical (unpaired) electrons. The molecule has 1 aromatic carbocycles. The maximum Gasteiger partial charge on any atom is 0.309 e. The second kappa shape index (κ2) is 9.28. The predicted molar refractivity (Wildman–Crippen MR) is 77.0 cm³/mol. The molecule has 0 aliphatic heterocycles. The summed E-state index contributed by atoms with van der Waals surface area (Å²) >= 11 is 0. The summed E-state index contributed by atoms with van der Waals surface area (Å²) in [5.41, 5.74) is 1.08. The van der Waals surface area contributed by atoms with Gasteiger partial charge in [0.25, 0.3) is 0 Å². The van der Waals surface area contributed by atoms with Crippen molar-refractivity contribution in [1.82, 2.24) is 0 Å². The van der Waals surface area contributed by atoms with Gasteiger partial charge in [-0.05, 0) is 5.56 Å². The third-order valence-corrected chi connectivity index (χ3v) is 2.96. The van der Waals surface area contributed by atoms with Gasteiger partial charge in [0.05, 0.1) is 32.8 Å². The molecule has 0 fully saturated rings. The highest BCUT2D eigenvalue weighted by Crippen LogP contribution is 2.08. The lowest BCUT2D eigenvalue weighted by Crippen LogP contribution is -2.22. The molecule has 1 aromatic rings. The smallest absolute Gasteiger partial charge is 0.309 e. The first-order valence-electron chi connectivity index (χ1n) is 6.66. The minimum Gasteiger partial charge on any atom is -0.469 e. The molecule has 0 aliphatic carbocycles. The van der Waals surface area contributed by atoms with Crippen molar-refractivity contribution in [3.63, 3.8) is 0 Å². The van der Waals surface area contributed by atoms with Crippen LogP contribution in [0.1, 0.15) is 18.9 Å². The molecule has 0 bridgehead atoms. The van der Waals surface area contributed by atoms with Crippen LogP contribution in [0.15, 0.2) is 42.5 Å². The molecular weight excluding hydrogens is 256 g/mol. The number of hydrogen-bond acceptors (Lipinski definition) is 4. The molecular formula is C16H22O4. The summed E-state index contributed by atoms with van der Waals surface area (Å²) < 4.78 is 10.0. The molecule has 0 aliphatic rings. The molecule has 1 rings (SSSR count). The fourth-order valence-electron chi connectivity index (χ4n) is 1.61. The Bertz CT molecular complexity index is 414. The van der Waals surface area contributed by atoms with Gasteiger partial charge in [0.1, 0.15) is 0 Å². The van der Waals surface area contributed by atoms with Crippen LogP contribution in [-0.4, -0.2) is 30.9 Å². The van der Waals surface area contributed by atoms with Gasteiger partial charge in [0, 0.05) is 5.92 Å². The predicted octanol–water partition coefficient (Wildman–Crippen LogP) is 2.32. The zero-order chi connectivity index (χ0) is 14.8. The van der Waals surface area contributed by atoms with Crippen LogP contribution >= 0.6 is 0 Å². The monoisotopic (exact) mass is 278 g/mol. The van der Waals surface area contributed by atoms with Crippen LogP contribution < -0.4 is 0 Å². The number of carbonyl (C=O) groups is 1. The topological polar surface area (TPSA) is 55.8 Å². The van der Waals surface area contributed by atoms with Crippen molar-refractivity contribution in [3.05, 3.63) is 48.0 Å². The van der Waals surface area contributed by atoms with Crippen LogP contribution in [0.3, 0.4) is 0 Å². The van der Waals surface area contributed by atoms with Crippen LogP contribution in [0.4, 0.5) is 0 Å². The normalized spacial score (nSPS) is 14.2. The summed E-state index contributed by atoms with van der Waals surface area (Å²) in [5, 5.41) is 9.93. The van der Waals surface area contributed by atoms with E-state index in [4.69, 9.17) is 4.74 Å². The third kappa shape index (κ3) is 6.50. The van der Waals surface area contributed by atoms with Gasteiger partial charge < -0.3 is 14.6 Å². The van der Waals surface area contributed by atoms with Crippen LogP contribution in [-0.2, 0) is 20.9 Å². The van der Waals surface area contributed by atoms with Crippen molar-refractivity contribution in [2.75, 3.05) is 13.7 Å². The highest BCUT2D eigenvalue weighted by atomic mass is 16.5. The minimum atomic E-state index is -0.590. The van der Waals surface area contributed by atoms with E-state index in [9.17, 15) is 9.90 Å². The first-order valence-corrected chi connectivity index (χ1v) is 6.66. The molecule has 110 valence electrons. The number of benzene rings is 1. The van der Waals surface area contributed by atoms with E-state index in [-0.39, 0.29) is 24.9 Å². The van der Waals surface area contributed by atoms with E-state index in [2.05, 4.69) is 4.74 Å². The Morgan fingerprint density at radius 2 is 2.05 bits per heavy atom. The maximum absolute atomic E-state index is 10.9. The van der Waals surface area contributed by atoms with Crippen molar-refractivity contribution in [2.45, 2.75) is 26.1 Å². The summed E-state index contributed by atoms with van der Waals surface area (Å²) in [6.45, 7) is 2.62. The molecule has 0 aromatic heterocycles. The summed E-state index contributed by atoms with van der Waals surface area (Å²) in [7, 11) is 1.35. The van der Waals surface area contributed by atoms with Crippen LogP contribution in [0, 0.1) is 5.92 Å². The Kier molecular flexibility index (Phi) is 7.62. The van der Waals surface area contributed by atoms with Gasteiger partial charge >= 0.3 is 5.97 Å². The lowest BCUT2D eigenvalue weighted by Gasteiger charge is -2.15. The van der Waals surface area contributed by atoms with E-state index < -0.39 is 6.10 Å².